The van der Waals surface area contributed by atoms with Crippen LogP contribution in [0.1, 0.15) is 19.3 Å². The lowest BCUT2D eigenvalue weighted by Crippen LogP contribution is -2.35. The Bertz CT molecular complexity index is 350. The Kier molecular flexibility index (Phi) is 4.82. The molecule has 2 rings (SSSR count). The summed E-state index contributed by atoms with van der Waals surface area (Å²) in [7, 11) is 0. The van der Waals surface area contributed by atoms with E-state index in [4.69, 9.17) is 0 Å². The van der Waals surface area contributed by atoms with Gasteiger partial charge in [0.15, 0.2) is 5.13 Å². The molecule has 2 atom stereocenters. The number of carbonyl (C=O) groups excluding carboxylic acids is 1. The summed E-state index contributed by atoms with van der Waals surface area (Å²) in [6, 6.07) is 0.479. The van der Waals surface area contributed by atoms with Gasteiger partial charge < -0.3 is 10.6 Å². The largest absolute Gasteiger partial charge is 0.313 e. The number of thiazole rings is 1. The molecule has 1 aromatic rings. The number of carbonyl (C=O) groups is 1. The summed E-state index contributed by atoms with van der Waals surface area (Å²) in [6.45, 7) is 1.08. The van der Waals surface area contributed by atoms with Crippen LogP contribution in [-0.4, -0.2) is 35.0 Å². The zero-order chi connectivity index (χ0) is 12.1. The highest BCUT2D eigenvalue weighted by Gasteiger charge is 2.25. The summed E-state index contributed by atoms with van der Waals surface area (Å²) < 4.78 is 0. The number of aromatic nitrogens is 1. The molecule has 2 unspecified atom stereocenters. The molecule has 6 heteroatoms. The van der Waals surface area contributed by atoms with Crippen LogP contribution in [-0.2, 0) is 4.79 Å². The van der Waals surface area contributed by atoms with E-state index in [-0.39, 0.29) is 5.91 Å². The van der Waals surface area contributed by atoms with Crippen molar-refractivity contribution in [1.29, 1.82) is 0 Å². The van der Waals surface area contributed by atoms with Crippen molar-refractivity contribution in [1.82, 2.24) is 10.3 Å². The van der Waals surface area contributed by atoms with E-state index in [0.717, 1.165) is 6.54 Å². The summed E-state index contributed by atoms with van der Waals surface area (Å²) in [6.07, 6.45) is 6.72. The molecule has 0 saturated carbocycles. The topological polar surface area (TPSA) is 54.0 Å². The van der Waals surface area contributed by atoms with Gasteiger partial charge in [-0.05, 0) is 25.6 Å². The summed E-state index contributed by atoms with van der Waals surface area (Å²) in [5.74, 6) is 0.0630. The molecular formula is C11H17N3OS2. The summed E-state index contributed by atoms with van der Waals surface area (Å²) >= 11 is 3.22. The second-order valence-corrected chi connectivity index (χ2v) is 6.04. The monoisotopic (exact) mass is 271 g/mol. The van der Waals surface area contributed by atoms with Crippen molar-refractivity contribution in [3.63, 3.8) is 0 Å². The average molecular weight is 271 g/mol. The highest BCUT2D eigenvalue weighted by atomic mass is 32.2. The van der Waals surface area contributed by atoms with Crippen molar-refractivity contribution in [2.75, 3.05) is 18.1 Å². The van der Waals surface area contributed by atoms with E-state index >= 15 is 0 Å². The van der Waals surface area contributed by atoms with Crippen LogP contribution in [0.5, 0.6) is 0 Å². The number of nitrogens with zero attached hydrogens (tertiary/aromatic N) is 1. The first-order valence-electron chi connectivity index (χ1n) is 5.75. The molecule has 94 valence electrons. The first-order chi connectivity index (χ1) is 8.29. The maximum atomic E-state index is 11.9. The molecule has 0 aliphatic carbocycles. The molecule has 0 aromatic carbocycles. The van der Waals surface area contributed by atoms with Gasteiger partial charge in [-0.25, -0.2) is 4.98 Å². The summed E-state index contributed by atoms with van der Waals surface area (Å²) in [5, 5.41) is 9.20. The Morgan fingerprint density at radius 3 is 3.29 bits per heavy atom. The fourth-order valence-corrected chi connectivity index (χ4v) is 3.48. The van der Waals surface area contributed by atoms with Crippen molar-refractivity contribution in [3.05, 3.63) is 11.6 Å². The molecule has 4 nitrogen and oxygen atoms in total. The van der Waals surface area contributed by atoms with Crippen molar-refractivity contribution < 1.29 is 4.79 Å². The number of rotatable bonds is 5. The highest BCUT2D eigenvalue weighted by molar-refractivity contribution is 7.99. The van der Waals surface area contributed by atoms with Crippen LogP contribution in [0.3, 0.4) is 0 Å². The van der Waals surface area contributed by atoms with Crippen LogP contribution in [0.2, 0.25) is 0 Å². The van der Waals surface area contributed by atoms with Gasteiger partial charge in [0.2, 0.25) is 5.91 Å². The van der Waals surface area contributed by atoms with Gasteiger partial charge in [0, 0.05) is 29.3 Å². The average Bonchev–Trinajstić information content (AvgIpc) is 2.97. The van der Waals surface area contributed by atoms with Crippen molar-refractivity contribution in [3.8, 4) is 0 Å². The second kappa shape index (κ2) is 6.37. The Morgan fingerprint density at radius 1 is 1.82 bits per heavy atom. The minimum Gasteiger partial charge on any atom is -0.313 e. The molecular weight excluding hydrogens is 254 g/mol. The lowest BCUT2D eigenvalue weighted by molar-refractivity contribution is -0.116. The normalized spacial score (nSPS) is 21.4. The number of thioether (sulfide) groups is 1. The van der Waals surface area contributed by atoms with Crippen LogP contribution in [0.25, 0.3) is 0 Å². The molecule has 17 heavy (non-hydrogen) atoms. The zero-order valence-corrected chi connectivity index (χ0v) is 11.4. The lowest BCUT2D eigenvalue weighted by Gasteiger charge is -2.20. The van der Waals surface area contributed by atoms with E-state index in [9.17, 15) is 4.79 Å². The number of nitrogens with one attached hydrogen (secondary N) is 2. The van der Waals surface area contributed by atoms with Crippen LogP contribution in [0.15, 0.2) is 11.6 Å². The van der Waals surface area contributed by atoms with Crippen LogP contribution < -0.4 is 10.6 Å². The Hall–Kier alpha value is -0.590. The molecule has 1 aromatic heterocycles. The molecule has 0 bridgehead atoms. The molecule has 2 N–H and O–H groups in total. The van der Waals surface area contributed by atoms with Gasteiger partial charge in [-0.1, -0.05) is 0 Å². The number of hydrogen-bond acceptors (Lipinski definition) is 5. The Balaban J connectivity index is 1.83. The first-order valence-corrected chi connectivity index (χ1v) is 7.92. The number of hydrogen-bond donors (Lipinski definition) is 2. The third-order valence-corrected chi connectivity index (χ3v) is 4.70. The standard InChI is InChI=1S/C11H17N3OS2/c1-16-9(8-3-2-4-12-8)7-10(15)14-11-13-5-6-17-11/h5-6,8-9,12H,2-4,7H2,1H3,(H,13,14,15). The first kappa shape index (κ1) is 12.9. The smallest absolute Gasteiger partial charge is 0.227 e. The fraction of sp³-hybridized carbons (Fsp3) is 0.636. The number of anilines is 1. The molecule has 1 fully saturated rings. The molecule has 1 aliphatic rings. The maximum absolute atomic E-state index is 11.9. The van der Waals surface area contributed by atoms with Crippen LogP contribution in [0, 0.1) is 0 Å². The van der Waals surface area contributed by atoms with Crippen molar-refractivity contribution >= 4 is 34.1 Å². The van der Waals surface area contributed by atoms with E-state index in [2.05, 4.69) is 21.9 Å². The maximum Gasteiger partial charge on any atom is 0.227 e. The minimum atomic E-state index is 0.0630. The van der Waals surface area contributed by atoms with Gasteiger partial charge in [0.05, 0.1) is 0 Å². The lowest BCUT2D eigenvalue weighted by atomic mass is 10.1. The van der Waals surface area contributed by atoms with E-state index in [1.807, 2.05) is 5.38 Å². The van der Waals surface area contributed by atoms with Gasteiger partial charge in [-0.15, -0.1) is 11.3 Å². The van der Waals surface area contributed by atoms with Gasteiger partial charge >= 0.3 is 0 Å². The van der Waals surface area contributed by atoms with Gasteiger partial charge in [0.1, 0.15) is 0 Å². The number of amides is 1. The van der Waals surface area contributed by atoms with E-state index in [0.29, 0.717) is 22.8 Å². The highest BCUT2D eigenvalue weighted by Crippen LogP contribution is 2.22. The predicted octanol–water partition coefficient (Wildman–Crippen LogP) is 1.96. The zero-order valence-electron chi connectivity index (χ0n) is 9.81. The third-order valence-electron chi connectivity index (χ3n) is 2.92. The third kappa shape index (κ3) is 3.69. The molecule has 0 radical (unpaired) electrons. The SMILES string of the molecule is CSC(CC(=O)Nc1nccs1)C1CCCN1. The van der Waals surface area contributed by atoms with E-state index < -0.39 is 0 Å². The Morgan fingerprint density at radius 2 is 2.71 bits per heavy atom. The van der Waals surface area contributed by atoms with Crippen LogP contribution in [0.4, 0.5) is 5.13 Å². The quantitative estimate of drug-likeness (QED) is 0.859. The van der Waals surface area contributed by atoms with Gasteiger partial charge in [-0.3, -0.25) is 4.79 Å². The van der Waals surface area contributed by atoms with Crippen LogP contribution >= 0.6 is 23.1 Å². The van der Waals surface area contributed by atoms with E-state index in [1.165, 1.54) is 24.2 Å². The molecule has 1 aliphatic heterocycles. The van der Waals surface area contributed by atoms with Gasteiger partial charge in [0.25, 0.3) is 0 Å². The Labute approximate surface area is 110 Å². The summed E-state index contributed by atoms with van der Waals surface area (Å²) in [4.78, 5) is 15.9. The fourth-order valence-electron chi connectivity index (χ4n) is 2.06. The minimum absolute atomic E-state index is 0.0630. The second-order valence-electron chi connectivity index (χ2n) is 4.07. The van der Waals surface area contributed by atoms with E-state index in [1.54, 1.807) is 18.0 Å². The molecule has 1 saturated heterocycles. The summed E-state index contributed by atoms with van der Waals surface area (Å²) in [5.41, 5.74) is 0. The molecule has 0 spiro atoms. The van der Waals surface area contributed by atoms with Crippen molar-refractivity contribution in [2.24, 2.45) is 0 Å². The molecule has 1 amide bonds. The van der Waals surface area contributed by atoms with Crippen molar-refractivity contribution in [2.45, 2.75) is 30.6 Å². The predicted molar refractivity (Wildman–Crippen MR) is 73.7 cm³/mol. The van der Waals surface area contributed by atoms with Gasteiger partial charge in [-0.2, -0.15) is 11.8 Å². The molecule has 2 heterocycles.